The Morgan fingerprint density at radius 3 is 2.79 bits per heavy atom. The molecule has 2 atom stereocenters. The Morgan fingerprint density at radius 2 is 2.29 bits per heavy atom. The number of hydrogen-bond donors (Lipinski definition) is 0. The van der Waals surface area contributed by atoms with Crippen LogP contribution in [0.2, 0.25) is 0 Å². The SMILES string of the molecule is CC(C)[C@@H]1C[C@H](c2ccco2)CN1C. The van der Waals surface area contributed by atoms with Gasteiger partial charge in [-0.25, -0.2) is 0 Å². The van der Waals surface area contributed by atoms with Crippen LogP contribution in [-0.2, 0) is 0 Å². The molecule has 1 aromatic heterocycles. The second kappa shape index (κ2) is 3.77. The van der Waals surface area contributed by atoms with Crippen LogP contribution in [-0.4, -0.2) is 24.5 Å². The van der Waals surface area contributed by atoms with Gasteiger partial charge in [0.2, 0.25) is 0 Å². The highest BCUT2D eigenvalue weighted by atomic mass is 16.3. The molecule has 0 N–H and O–H groups in total. The van der Waals surface area contributed by atoms with E-state index in [1.54, 1.807) is 6.26 Å². The molecule has 78 valence electrons. The van der Waals surface area contributed by atoms with Crippen molar-refractivity contribution in [2.24, 2.45) is 5.92 Å². The summed E-state index contributed by atoms with van der Waals surface area (Å²) < 4.78 is 5.47. The number of rotatable bonds is 2. The third-order valence-corrected chi connectivity index (χ3v) is 3.32. The highest BCUT2D eigenvalue weighted by Crippen LogP contribution is 2.33. The van der Waals surface area contributed by atoms with Gasteiger partial charge in [-0.15, -0.1) is 0 Å². The van der Waals surface area contributed by atoms with Crippen LogP contribution >= 0.6 is 0 Å². The molecule has 0 spiro atoms. The Labute approximate surface area is 85.9 Å². The standard InChI is InChI=1S/C12H19NO/c1-9(2)11-7-10(8-13(11)3)12-5-4-6-14-12/h4-6,9-11H,7-8H2,1-3H3/t10-,11-/m0/s1. The number of furan rings is 1. The lowest BCUT2D eigenvalue weighted by atomic mass is 9.96. The second-order valence-corrected chi connectivity index (χ2v) is 4.70. The van der Waals surface area contributed by atoms with Crippen LogP contribution in [0.5, 0.6) is 0 Å². The first-order valence-corrected chi connectivity index (χ1v) is 5.42. The van der Waals surface area contributed by atoms with Crippen LogP contribution in [0.3, 0.4) is 0 Å². The van der Waals surface area contributed by atoms with Gasteiger partial charge in [0, 0.05) is 18.5 Å². The Kier molecular flexibility index (Phi) is 2.64. The summed E-state index contributed by atoms with van der Waals surface area (Å²) in [6, 6.07) is 4.80. The first kappa shape index (κ1) is 9.78. The third kappa shape index (κ3) is 1.71. The third-order valence-electron chi connectivity index (χ3n) is 3.32. The molecule has 1 fully saturated rings. The van der Waals surface area contributed by atoms with E-state index in [1.165, 1.54) is 6.42 Å². The number of nitrogens with zero attached hydrogens (tertiary/aromatic N) is 1. The van der Waals surface area contributed by atoms with Gasteiger partial charge in [-0.2, -0.15) is 0 Å². The molecule has 2 nitrogen and oxygen atoms in total. The second-order valence-electron chi connectivity index (χ2n) is 4.70. The lowest BCUT2D eigenvalue weighted by molar-refractivity contribution is 0.250. The minimum atomic E-state index is 0.599. The van der Waals surface area contributed by atoms with Crippen molar-refractivity contribution in [3.05, 3.63) is 24.2 Å². The first-order valence-electron chi connectivity index (χ1n) is 5.42. The molecule has 2 rings (SSSR count). The van der Waals surface area contributed by atoms with Crippen molar-refractivity contribution < 1.29 is 4.42 Å². The molecule has 0 amide bonds. The monoisotopic (exact) mass is 193 g/mol. The average Bonchev–Trinajstić information content (AvgIpc) is 2.70. The van der Waals surface area contributed by atoms with E-state index < -0.39 is 0 Å². The molecule has 0 aromatic carbocycles. The highest BCUT2D eigenvalue weighted by molar-refractivity contribution is 5.09. The van der Waals surface area contributed by atoms with Crippen LogP contribution in [0.4, 0.5) is 0 Å². The Morgan fingerprint density at radius 1 is 1.50 bits per heavy atom. The Bertz CT molecular complexity index is 279. The van der Waals surface area contributed by atoms with E-state index in [4.69, 9.17) is 4.42 Å². The van der Waals surface area contributed by atoms with E-state index in [-0.39, 0.29) is 0 Å². The summed E-state index contributed by atoms with van der Waals surface area (Å²) in [5, 5.41) is 0. The minimum absolute atomic E-state index is 0.599. The Hall–Kier alpha value is -0.760. The van der Waals surface area contributed by atoms with Crippen molar-refractivity contribution in [2.75, 3.05) is 13.6 Å². The molecule has 1 aromatic rings. The van der Waals surface area contributed by atoms with E-state index in [0.29, 0.717) is 12.0 Å². The van der Waals surface area contributed by atoms with Crippen LogP contribution in [0.15, 0.2) is 22.8 Å². The van der Waals surface area contributed by atoms with Crippen LogP contribution in [0, 0.1) is 5.92 Å². The van der Waals surface area contributed by atoms with Gasteiger partial charge in [0.25, 0.3) is 0 Å². The van der Waals surface area contributed by atoms with Crippen LogP contribution in [0.1, 0.15) is 31.9 Å². The van der Waals surface area contributed by atoms with Crippen molar-refractivity contribution in [3.8, 4) is 0 Å². The maximum Gasteiger partial charge on any atom is 0.108 e. The zero-order valence-corrected chi connectivity index (χ0v) is 9.23. The van der Waals surface area contributed by atoms with Crippen LogP contribution in [0.25, 0.3) is 0 Å². The average molecular weight is 193 g/mol. The molecule has 2 heteroatoms. The highest BCUT2D eigenvalue weighted by Gasteiger charge is 2.33. The smallest absolute Gasteiger partial charge is 0.108 e. The number of likely N-dealkylation sites (tertiary alicyclic amines) is 1. The van der Waals surface area contributed by atoms with Gasteiger partial charge in [0.15, 0.2) is 0 Å². The van der Waals surface area contributed by atoms with Gasteiger partial charge in [0.05, 0.1) is 6.26 Å². The first-order chi connectivity index (χ1) is 6.68. The molecule has 0 bridgehead atoms. The van der Waals surface area contributed by atoms with Crippen molar-refractivity contribution >= 4 is 0 Å². The summed E-state index contributed by atoms with van der Waals surface area (Å²) in [4.78, 5) is 2.46. The molecule has 0 unspecified atom stereocenters. The molecule has 1 aliphatic heterocycles. The summed E-state index contributed by atoms with van der Waals surface area (Å²) in [5.74, 6) is 2.49. The fourth-order valence-electron chi connectivity index (χ4n) is 2.54. The summed E-state index contributed by atoms with van der Waals surface area (Å²) in [6.07, 6.45) is 3.01. The van der Waals surface area contributed by atoms with Crippen molar-refractivity contribution in [2.45, 2.75) is 32.2 Å². The van der Waals surface area contributed by atoms with Gasteiger partial charge in [-0.3, -0.25) is 0 Å². The topological polar surface area (TPSA) is 16.4 Å². The normalized spacial score (nSPS) is 28.9. The largest absolute Gasteiger partial charge is 0.469 e. The molecule has 2 heterocycles. The van der Waals surface area contributed by atoms with Crippen molar-refractivity contribution in [3.63, 3.8) is 0 Å². The van der Waals surface area contributed by atoms with E-state index in [1.807, 2.05) is 6.07 Å². The minimum Gasteiger partial charge on any atom is -0.469 e. The van der Waals surface area contributed by atoms with Gasteiger partial charge < -0.3 is 9.32 Å². The molecule has 0 aliphatic carbocycles. The molecular formula is C12H19NO. The molecule has 1 saturated heterocycles. The zero-order valence-electron chi connectivity index (χ0n) is 9.23. The summed E-state index contributed by atoms with van der Waals surface area (Å²) in [6.45, 7) is 5.73. The van der Waals surface area contributed by atoms with Crippen molar-refractivity contribution in [1.29, 1.82) is 0 Å². The molecule has 14 heavy (non-hydrogen) atoms. The maximum atomic E-state index is 5.47. The quantitative estimate of drug-likeness (QED) is 0.718. The van der Waals surface area contributed by atoms with Gasteiger partial charge in [-0.05, 0) is 31.5 Å². The van der Waals surface area contributed by atoms with Gasteiger partial charge >= 0.3 is 0 Å². The van der Waals surface area contributed by atoms with E-state index in [0.717, 1.165) is 18.2 Å². The van der Waals surface area contributed by atoms with Gasteiger partial charge in [-0.1, -0.05) is 13.8 Å². The molecule has 1 aliphatic rings. The van der Waals surface area contributed by atoms with Crippen LogP contribution < -0.4 is 0 Å². The fourth-order valence-corrected chi connectivity index (χ4v) is 2.54. The molecular weight excluding hydrogens is 174 g/mol. The lowest BCUT2D eigenvalue weighted by Gasteiger charge is -2.22. The fraction of sp³-hybridized carbons (Fsp3) is 0.667. The summed E-state index contributed by atoms with van der Waals surface area (Å²) >= 11 is 0. The van der Waals surface area contributed by atoms with E-state index >= 15 is 0 Å². The van der Waals surface area contributed by atoms with E-state index in [9.17, 15) is 0 Å². The van der Waals surface area contributed by atoms with Gasteiger partial charge in [0.1, 0.15) is 5.76 Å². The number of hydrogen-bond acceptors (Lipinski definition) is 2. The molecule has 0 saturated carbocycles. The number of likely N-dealkylation sites (N-methyl/N-ethyl adjacent to an activating group) is 1. The van der Waals surface area contributed by atoms with E-state index in [2.05, 4.69) is 31.9 Å². The predicted molar refractivity (Wildman–Crippen MR) is 57.3 cm³/mol. The zero-order chi connectivity index (χ0) is 10.1. The maximum absolute atomic E-state index is 5.47. The van der Waals surface area contributed by atoms with Crippen molar-refractivity contribution in [1.82, 2.24) is 4.90 Å². The lowest BCUT2D eigenvalue weighted by Crippen LogP contribution is -2.29. The Balaban J connectivity index is 2.06. The summed E-state index contributed by atoms with van der Waals surface area (Å²) in [7, 11) is 2.22. The predicted octanol–water partition coefficient (Wildman–Crippen LogP) is 2.72. The molecule has 0 radical (unpaired) electrons. The summed E-state index contributed by atoms with van der Waals surface area (Å²) in [5.41, 5.74) is 0.